The third-order valence-electron chi connectivity index (χ3n) is 5.18. The normalized spacial score (nSPS) is 14.9. The number of fused-ring (bicyclic) bond motifs is 1. The summed E-state index contributed by atoms with van der Waals surface area (Å²) in [4.78, 5) is 41.9. The second-order valence-electron chi connectivity index (χ2n) is 7.42. The Morgan fingerprint density at radius 2 is 1.97 bits per heavy atom. The van der Waals surface area contributed by atoms with Crippen molar-refractivity contribution in [2.75, 3.05) is 18.4 Å². The average molecular weight is 394 g/mol. The van der Waals surface area contributed by atoms with Gasteiger partial charge in [-0.15, -0.1) is 5.10 Å². The first-order valence-electron chi connectivity index (χ1n) is 9.54. The molecule has 1 aromatic carbocycles. The fourth-order valence-corrected chi connectivity index (χ4v) is 3.66. The van der Waals surface area contributed by atoms with E-state index >= 15 is 0 Å². The number of carbonyl (C=O) groups is 2. The van der Waals surface area contributed by atoms with Gasteiger partial charge in [0.15, 0.2) is 11.2 Å². The van der Waals surface area contributed by atoms with Gasteiger partial charge in [0, 0.05) is 30.4 Å². The first kappa shape index (κ1) is 18.9. The summed E-state index contributed by atoms with van der Waals surface area (Å²) in [5.74, 6) is -0.543. The molecule has 0 atom stereocenters. The third-order valence-corrected chi connectivity index (χ3v) is 5.18. The fourth-order valence-electron chi connectivity index (χ4n) is 3.66. The van der Waals surface area contributed by atoms with Gasteiger partial charge >= 0.3 is 0 Å². The van der Waals surface area contributed by atoms with Crippen molar-refractivity contribution in [3.05, 3.63) is 57.8 Å². The van der Waals surface area contributed by atoms with Gasteiger partial charge in [-0.2, -0.15) is 0 Å². The van der Waals surface area contributed by atoms with Crippen LogP contribution in [0.4, 0.5) is 5.69 Å². The number of likely N-dealkylation sites (tertiary alicyclic amines) is 1. The molecule has 0 spiro atoms. The van der Waals surface area contributed by atoms with E-state index in [4.69, 9.17) is 0 Å². The van der Waals surface area contributed by atoms with Crippen LogP contribution in [0.5, 0.6) is 0 Å². The predicted octanol–water partition coefficient (Wildman–Crippen LogP) is 1.53. The number of benzene rings is 1. The quantitative estimate of drug-likeness (QED) is 0.699. The van der Waals surface area contributed by atoms with E-state index < -0.39 is 5.56 Å². The molecule has 0 unspecified atom stereocenters. The number of rotatable bonds is 3. The largest absolute Gasteiger partial charge is 0.337 e. The number of hydrogen-bond acceptors (Lipinski definition) is 5. The smallest absolute Gasteiger partial charge is 0.276 e. The molecule has 3 heterocycles. The maximum absolute atomic E-state index is 12.9. The molecule has 0 radical (unpaired) electrons. The molecule has 2 aromatic heterocycles. The molecular formula is C20H22N6O3. The maximum Gasteiger partial charge on any atom is 0.276 e. The van der Waals surface area contributed by atoms with Crippen LogP contribution < -0.4 is 10.9 Å². The SMILES string of the molecule is Cc1cccc(NC(=O)C2CCN(C(=O)c3nnn4cc(C)[nH]c(=O)c34)CC2)c1. The lowest BCUT2D eigenvalue weighted by molar-refractivity contribution is -0.121. The Labute approximate surface area is 166 Å². The van der Waals surface area contributed by atoms with E-state index in [0.29, 0.717) is 31.6 Å². The van der Waals surface area contributed by atoms with Gasteiger partial charge in [0.25, 0.3) is 11.5 Å². The van der Waals surface area contributed by atoms with Crippen molar-refractivity contribution in [3.63, 3.8) is 0 Å². The van der Waals surface area contributed by atoms with Crippen LogP contribution >= 0.6 is 0 Å². The van der Waals surface area contributed by atoms with Crippen LogP contribution in [0, 0.1) is 19.8 Å². The number of hydrogen-bond donors (Lipinski definition) is 2. The van der Waals surface area contributed by atoms with Crippen LogP contribution in [0.1, 0.15) is 34.6 Å². The van der Waals surface area contributed by atoms with Gasteiger partial charge in [-0.25, -0.2) is 4.52 Å². The minimum atomic E-state index is -0.397. The lowest BCUT2D eigenvalue weighted by atomic mass is 9.95. The van der Waals surface area contributed by atoms with Gasteiger partial charge in [0.1, 0.15) is 0 Å². The average Bonchev–Trinajstić information content (AvgIpc) is 3.11. The maximum atomic E-state index is 12.9. The minimum Gasteiger partial charge on any atom is -0.337 e. The number of aromatic nitrogens is 4. The second-order valence-corrected chi connectivity index (χ2v) is 7.42. The van der Waals surface area contributed by atoms with Gasteiger partial charge in [0.05, 0.1) is 6.20 Å². The summed E-state index contributed by atoms with van der Waals surface area (Å²) in [7, 11) is 0. The molecule has 2 N–H and O–H groups in total. The molecule has 0 bridgehead atoms. The van der Waals surface area contributed by atoms with E-state index in [1.807, 2.05) is 31.2 Å². The monoisotopic (exact) mass is 394 g/mol. The molecule has 0 aliphatic carbocycles. The van der Waals surface area contributed by atoms with Crippen molar-refractivity contribution in [3.8, 4) is 0 Å². The van der Waals surface area contributed by atoms with Gasteiger partial charge in [-0.1, -0.05) is 17.3 Å². The standard InChI is InChI=1S/C20H22N6O3/c1-12-4-3-5-15(10-12)22-18(27)14-6-8-25(9-7-14)20(29)16-17-19(28)21-13(2)11-26(17)24-23-16/h3-5,10-11,14H,6-9H2,1-2H3,(H,21,28)(H,22,27). The van der Waals surface area contributed by atoms with Gasteiger partial charge in [-0.05, 0) is 44.4 Å². The van der Waals surface area contributed by atoms with E-state index in [0.717, 1.165) is 11.3 Å². The van der Waals surface area contributed by atoms with Crippen LogP contribution in [-0.4, -0.2) is 49.6 Å². The number of carbonyl (C=O) groups excluding carboxylic acids is 2. The van der Waals surface area contributed by atoms with Crippen molar-refractivity contribution in [2.45, 2.75) is 26.7 Å². The summed E-state index contributed by atoms with van der Waals surface area (Å²) in [6.07, 6.45) is 2.72. The molecular weight excluding hydrogens is 372 g/mol. The Bertz CT molecular complexity index is 1140. The highest BCUT2D eigenvalue weighted by molar-refractivity contribution is 5.99. The Morgan fingerprint density at radius 3 is 2.69 bits per heavy atom. The summed E-state index contributed by atoms with van der Waals surface area (Å²) >= 11 is 0. The summed E-state index contributed by atoms with van der Waals surface area (Å²) in [5.41, 5.74) is 2.26. The van der Waals surface area contributed by atoms with Crippen LogP contribution in [0.2, 0.25) is 0 Å². The summed E-state index contributed by atoms with van der Waals surface area (Å²) in [6, 6.07) is 7.66. The van der Waals surface area contributed by atoms with Crippen molar-refractivity contribution in [2.24, 2.45) is 5.92 Å². The van der Waals surface area contributed by atoms with Crippen LogP contribution in [0.15, 0.2) is 35.3 Å². The zero-order chi connectivity index (χ0) is 20.5. The lowest BCUT2D eigenvalue weighted by Crippen LogP contribution is -2.41. The second kappa shape index (κ2) is 7.50. The van der Waals surface area contributed by atoms with E-state index in [2.05, 4.69) is 20.6 Å². The Balaban J connectivity index is 1.42. The van der Waals surface area contributed by atoms with E-state index in [9.17, 15) is 14.4 Å². The molecule has 1 aliphatic heterocycles. The molecule has 1 fully saturated rings. The van der Waals surface area contributed by atoms with Crippen molar-refractivity contribution in [1.29, 1.82) is 0 Å². The number of aryl methyl sites for hydroxylation is 2. The number of amides is 2. The highest BCUT2D eigenvalue weighted by Gasteiger charge is 2.30. The molecule has 3 aromatic rings. The van der Waals surface area contributed by atoms with Gasteiger partial charge < -0.3 is 15.2 Å². The van der Waals surface area contributed by atoms with E-state index in [1.165, 1.54) is 4.52 Å². The number of anilines is 1. The van der Waals surface area contributed by atoms with E-state index in [1.54, 1.807) is 18.0 Å². The molecule has 29 heavy (non-hydrogen) atoms. The first-order chi connectivity index (χ1) is 13.9. The molecule has 9 nitrogen and oxygen atoms in total. The highest BCUT2D eigenvalue weighted by atomic mass is 16.2. The number of nitrogens with zero attached hydrogens (tertiary/aromatic N) is 4. The molecule has 2 amide bonds. The molecule has 4 rings (SSSR count). The van der Waals surface area contributed by atoms with Crippen molar-refractivity contribution in [1.82, 2.24) is 24.7 Å². The number of nitrogens with one attached hydrogen (secondary N) is 2. The molecule has 1 saturated heterocycles. The van der Waals surface area contributed by atoms with Crippen molar-refractivity contribution < 1.29 is 9.59 Å². The molecule has 150 valence electrons. The lowest BCUT2D eigenvalue weighted by Gasteiger charge is -2.30. The highest BCUT2D eigenvalue weighted by Crippen LogP contribution is 2.21. The number of piperidine rings is 1. The van der Waals surface area contributed by atoms with Gasteiger partial charge in [-0.3, -0.25) is 14.4 Å². The fraction of sp³-hybridized carbons (Fsp3) is 0.350. The van der Waals surface area contributed by atoms with Crippen LogP contribution in [0.3, 0.4) is 0 Å². The summed E-state index contributed by atoms with van der Waals surface area (Å²) in [5, 5.41) is 10.7. The van der Waals surface area contributed by atoms with Crippen LogP contribution in [-0.2, 0) is 4.79 Å². The Hall–Kier alpha value is -3.49. The topological polar surface area (TPSA) is 112 Å². The zero-order valence-electron chi connectivity index (χ0n) is 16.3. The van der Waals surface area contributed by atoms with Crippen LogP contribution in [0.25, 0.3) is 5.52 Å². The first-order valence-corrected chi connectivity index (χ1v) is 9.54. The van der Waals surface area contributed by atoms with Gasteiger partial charge in [0.2, 0.25) is 5.91 Å². The Kier molecular flexibility index (Phi) is 4.87. The molecule has 1 aliphatic rings. The summed E-state index contributed by atoms with van der Waals surface area (Å²) < 4.78 is 1.32. The third kappa shape index (κ3) is 3.75. The minimum absolute atomic E-state index is 0.0360. The van der Waals surface area contributed by atoms with E-state index in [-0.39, 0.29) is 28.9 Å². The van der Waals surface area contributed by atoms with Crippen molar-refractivity contribution >= 4 is 23.0 Å². The molecule has 0 saturated carbocycles. The Morgan fingerprint density at radius 1 is 1.21 bits per heavy atom. The predicted molar refractivity (Wildman–Crippen MR) is 107 cm³/mol. The number of H-pyrrole nitrogens is 1. The molecule has 9 heteroatoms. The zero-order valence-corrected chi connectivity index (χ0v) is 16.3. The number of aromatic amines is 1. The summed E-state index contributed by atoms with van der Waals surface area (Å²) in [6.45, 7) is 4.55.